The molecule has 23 heavy (non-hydrogen) atoms. The van der Waals surface area contributed by atoms with Crippen LogP contribution in [0, 0.1) is 0 Å². The van der Waals surface area contributed by atoms with Crippen molar-refractivity contribution < 1.29 is 9.53 Å². The molecule has 0 spiro atoms. The lowest BCUT2D eigenvalue weighted by atomic mass is 10.2. The second kappa shape index (κ2) is 8.22. The fourth-order valence-corrected chi connectivity index (χ4v) is 2.33. The van der Waals surface area contributed by atoms with Gasteiger partial charge in [0, 0.05) is 17.8 Å². The molecule has 1 heterocycles. The lowest BCUT2D eigenvalue weighted by molar-refractivity contribution is 0.102. The second-order valence-electron chi connectivity index (χ2n) is 5.04. The number of halogens is 2. The van der Waals surface area contributed by atoms with Gasteiger partial charge < -0.3 is 10.1 Å². The number of nitrogens with zero attached hydrogens (tertiary/aromatic N) is 2. The molecule has 0 bridgehead atoms. The van der Waals surface area contributed by atoms with Gasteiger partial charge in [0.1, 0.15) is 5.56 Å². The fourth-order valence-electron chi connectivity index (χ4n) is 1.99. The van der Waals surface area contributed by atoms with E-state index in [1.165, 1.54) is 0 Å². The molecule has 0 saturated heterocycles. The number of anilines is 1. The van der Waals surface area contributed by atoms with E-state index < -0.39 is 0 Å². The van der Waals surface area contributed by atoms with Gasteiger partial charge in [0.25, 0.3) is 5.91 Å². The molecule has 124 valence electrons. The summed E-state index contributed by atoms with van der Waals surface area (Å²) in [4.78, 5) is 12.5. The van der Waals surface area contributed by atoms with E-state index in [1.54, 1.807) is 29.1 Å². The lowest BCUT2D eigenvalue weighted by Crippen LogP contribution is -2.13. The molecule has 0 fully saturated rings. The van der Waals surface area contributed by atoms with Crippen LogP contribution in [0.25, 0.3) is 0 Å². The van der Waals surface area contributed by atoms with Gasteiger partial charge in [-0.2, -0.15) is 0 Å². The van der Waals surface area contributed by atoms with Crippen LogP contribution in [0.5, 0.6) is 5.88 Å². The van der Waals surface area contributed by atoms with E-state index in [-0.39, 0.29) is 5.91 Å². The van der Waals surface area contributed by atoms with E-state index in [0.29, 0.717) is 40.3 Å². The molecular weight excluding hydrogens is 337 g/mol. The number of benzene rings is 1. The van der Waals surface area contributed by atoms with Crippen LogP contribution in [0.1, 0.15) is 37.0 Å². The summed E-state index contributed by atoms with van der Waals surface area (Å²) >= 11 is 12.0. The highest BCUT2D eigenvalue weighted by Gasteiger charge is 2.19. The number of aromatic nitrogens is 2. The maximum Gasteiger partial charge on any atom is 0.262 e. The Morgan fingerprint density at radius 3 is 2.78 bits per heavy atom. The average Bonchev–Trinajstić information content (AvgIpc) is 2.92. The summed E-state index contributed by atoms with van der Waals surface area (Å²) in [5.74, 6) is -0.00132. The number of hydrogen-bond donors (Lipinski definition) is 1. The van der Waals surface area contributed by atoms with E-state index in [2.05, 4.69) is 10.4 Å². The van der Waals surface area contributed by atoms with Crippen LogP contribution >= 0.6 is 23.2 Å². The molecule has 2 rings (SSSR count). The number of carbonyl (C=O) groups excluding carboxylic acids is 1. The third kappa shape index (κ3) is 4.62. The van der Waals surface area contributed by atoms with Crippen molar-refractivity contribution in [1.29, 1.82) is 0 Å². The van der Waals surface area contributed by atoms with Crippen molar-refractivity contribution in [1.82, 2.24) is 9.78 Å². The normalized spacial score (nSPS) is 10.6. The van der Waals surface area contributed by atoms with Crippen molar-refractivity contribution in [3.05, 3.63) is 40.0 Å². The molecule has 1 N–H and O–H groups in total. The Hall–Kier alpha value is -1.72. The Morgan fingerprint density at radius 2 is 2.09 bits per heavy atom. The van der Waals surface area contributed by atoms with Gasteiger partial charge in [0.2, 0.25) is 5.88 Å². The van der Waals surface area contributed by atoms with E-state index >= 15 is 0 Å². The minimum absolute atomic E-state index is 0.330. The molecule has 1 aromatic carbocycles. The van der Waals surface area contributed by atoms with Gasteiger partial charge in [-0.05, 0) is 31.0 Å². The summed E-state index contributed by atoms with van der Waals surface area (Å²) in [5.41, 5.74) is 0.830. The predicted molar refractivity (Wildman–Crippen MR) is 92.7 cm³/mol. The third-order valence-corrected chi connectivity index (χ3v) is 3.61. The first-order valence-electron chi connectivity index (χ1n) is 7.51. The third-order valence-electron chi connectivity index (χ3n) is 3.04. The first kappa shape index (κ1) is 17.6. The van der Waals surface area contributed by atoms with Gasteiger partial charge in [-0.25, -0.2) is 0 Å². The summed E-state index contributed by atoms with van der Waals surface area (Å²) in [6, 6.07) is 4.90. The van der Waals surface area contributed by atoms with Crippen molar-refractivity contribution in [2.75, 3.05) is 11.9 Å². The van der Waals surface area contributed by atoms with E-state index in [4.69, 9.17) is 27.9 Å². The van der Waals surface area contributed by atoms with Crippen LogP contribution < -0.4 is 10.1 Å². The summed E-state index contributed by atoms with van der Waals surface area (Å²) in [7, 11) is 0. The summed E-state index contributed by atoms with van der Waals surface area (Å²) in [6.07, 6.45) is 3.43. The van der Waals surface area contributed by atoms with Gasteiger partial charge >= 0.3 is 0 Å². The fraction of sp³-hybridized carbons (Fsp3) is 0.375. The number of nitrogens with one attached hydrogen (secondary N) is 1. The highest BCUT2D eigenvalue weighted by molar-refractivity contribution is 6.35. The summed E-state index contributed by atoms with van der Waals surface area (Å²) in [5, 5.41) is 7.98. The molecule has 5 nitrogen and oxygen atoms in total. The number of hydrogen-bond acceptors (Lipinski definition) is 3. The Kier molecular flexibility index (Phi) is 6.30. The van der Waals surface area contributed by atoms with E-state index in [1.807, 2.05) is 13.8 Å². The van der Waals surface area contributed by atoms with Gasteiger partial charge in [0.05, 0.1) is 17.3 Å². The Bertz CT molecular complexity index is 686. The highest BCUT2D eigenvalue weighted by atomic mass is 35.5. The molecular formula is C16H19Cl2N3O2. The standard InChI is InChI=1S/C16H19Cl2N3O2/c1-3-7-21-10-12(16(20-21)23-8-4-2)15(22)19-14-9-11(17)5-6-13(14)18/h5-6,9-10H,3-4,7-8H2,1-2H3,(H,19,22). The van der Waals surface area contributed by atoms with Crippen LogP contribution in [0.3, 0.4) is 0 Å². The van der Waals surface area contributed by atoms with Crippen LogP contribution in [-0.2, 0) is 6.54 Å². The quantitative estimate of drug-likeness (QED) is 0.786. The predicted octanol–water partition coefficient (Wildman–Crippen LogP) is 4.64. The van der Waals surface area contributed by atoms with Crippen molar-refractivity contribution in [3.63, 3.8) is 0 Å². The zero-order valence-electron chi connectivity index (χ0n) is 13.1. The highest BCUT2D eigenvalue weighted by Crippen LogP contribution is 2.27. The maximum absolute atomic E-state index is 12.5. The molecule has 0 unspecified atom stereocenters. The molecule has 0 aliphatic rings. The number of rotatable bonds is 7. The zero-order chi connectivity index (χ0) is 16.8. The van der Waals surface area contributed by atoms with Crippen molar-refractivity contribution in [2.45, 2.75) is 33.2 Å². The van der Waals surface area contributed by atoms with Gasteiger partial charge in [-0.1, -0.05) is 37.0 Å². The van der Waals surface area contributed by atoms with E-state index in [0.717, 1.165) is 12.8 Å². The van der Waals surface area contributed by atoms with Crippen molar-refractivity contribution in [3.8, 4) is 5.88 Å². The van der Waals surface area contributed by atoms with Crippen LogP contribution in [-0.4, -0.2) is 22.3 Å². The molecule has 1 aromatic heterocycles. The smallest absolute Gasteiger partial charge is 0.262 e. The van der Waals surface area contributed by atoms with Crippen molar-refractivity contribution >= 4 is 34.8 Å². The Balaban J connectivity index is 2.24. The van der Waals surface area contributed by atoms with E-state index in [9.17, 15) is 4.79 Å². The number of carbonyl (C=O) groups is 1. The monoisotopic (exact) mass is 355 g/mol. The average molecular weight is 356 g/mol. The van der Waals surface area contributed by atoms with Gasteiger partial charge in [-0.3, -0.25) is 9.48 Å². The molecule has 0 radical (unpaired) electrons. The van der Waals surface area contributed by atoms with Crippen molar-refractivity contribution in [2.24, 2.45) is 0 Å². The van der Waals surface area contributed by atoms with Crippen LogP contribution in [0.2, 0.25) is 10.0 Å². The molecule has 0 atom stereocenters. The molecule has 1 amide bonds. The first-order valence-corrected chi connectivity index (χ1v) is 8.27. The largest absolute Gasteiger partial charge is 0.476 e. The minimum atomic E-state index is -0.331. The molecule has 7 heteroatoms. The maximum atomic E-state index is 12.5. The van der Waals surface area contributed by atoms with Crippen LogP contribution in [0.15, 0.2) is 24.4 Å². The first-order chi connectivity index (χ1) is 11.0. The number of ether oxygens (including phenoxy) is 1. The number of amides is 1. The van der Waals surface area contributed by atoms with Gasteiger partial charge in [-0.15, -0.1) is 5.10 Å². The minimum Gasteiger partial charge on any atom is -0.476 e. The topological polar surface area (TPSA) is 56.2 Å². The zero-order valence-corrected chi connectivity index (χ0v) is 14.6. The SMILES string of the molecule is CCCOc1nn(CCC)cc1C(=O)Nc1cc(Cl)ccc1Cl. The lowest BCUT2D eigenvalue weighted by Gasteiger charge is -2.08. The van der Waals surface area contributed by atoms with Crippen LogP contribution in [0.4, 0.5) is 5.69 Å². The Morgan fingerprint density at radius 1 is 1.30 bits per heavy atom. The molecule has 0 aliphatic carbocycles. The Labute approximate surface area is 145 Å². The summed E-state index contributed by atoms with van der Waals surface area (Å²) in [6.45, 7) is 5.25. The molecule has 2 aromatic rings. The second-order valence-corrected chi connectivity index (χ2v) is 5.88. The molecule has 0 aliphatic heterocycles. The number of aryl methyl sites for hydroxylation is 1. The van der Waals surface area contributed by atoms with Gasteiger partial charge in [0.15, 0.2) is 0 Å². The molecule has 0 saturated carbocycles. The summed E-state index contributed by atoms with van der Waals surface area (Å²) < 4.78 is 7.28.